The number of carboxylic acids is 1. The highest BCUT2D eigenvalue weighted by Crippen LogP contribution is 2.43. The fourth-order valence-corrected chi connectivity index (χ4v) is 6.87. The monoisotopic (exact) mass is 683 g/mol. The highest BCUT2D eigenvalue weighted by Gasteiger charge is 2.59. The third-order valence-corrected chi connectivity index (χ3v) is 9.34. The van der Waals surface area contributed by atoms with Crippen LogP contribution in [0, 0.1) is 5.92 Å². The SMILES string of the molecule is COc1cccc(C(CC(=O)O)NC(=O)[C@H](CC(C)C)N2C(=O)N(Cc3ccc(NC(=O)Nc4ccccc4)cc3)C3(CCCCC3)C2=O)c1. The van der Waals surface area contributed by atoms with Gasteiger partial charge in [-0.15, -0.1) is 0 Å². The average molecular weight is 684 g/mol. The van der Waals surface area contributed by atoms with Gasteiger partial charge >= 0.3 is 18.0 Å². The Hall–Kier alpha value is -5.39. The maximum atomic E-state index is 14.5. The number of para-hydroxylation sites is 1. The molecule has 4 N–H and O–H groups in total. The van der Waals surface area contributed by atoms with Crippen LogP contribution >= 0.6 is 0 Å². The Morgan fingerprint density at radius 2 is 1.54 bits per heavy atom. The number of amides is 6. The van der Waals surface area contributed by atoms with Gasteiger partial charge in [0.1, 0.15) is 17.3 Å². The Labute approximate surface area is 292 Å². The van der Waals surface area contributed by atoms with E-state index in [0.29, 0.717) is 35.5 Å². The number of nitrogens with one attached hydrogen (secondary N) is 3. The predicted octanol–water partition coefficient (Wildman–Crippen LogP) is 6.55. The summed E-state index contributed by atoms with van der Waals surface area (Å²) in [6, 6.07) is 20.0. The van der Waals surface area contributed by atoms with E-state index in [9.17, 15) is 29.1 Å². The van der Waals surface area contributed by atoms with Gasteiger partial charge in [-0.1, -0.05) is 75.6 Å². The van der Waals surface area contributed by atoms with E-state index >= 15 is 0 Å². The summed E-state index contributed by atoms with van der Waals surface area (Å²) in [5, 5.41) is 18.1. The zero-order valence-electron chi connectivity index (χ0n) is 28.7. The Balaban J connectivity index is 1.38. The first-order chi connectivity index (χ1) is 24.0. The van der Waals surface area contributed by atoms with Gasteiger partial charge in [0, 0.05) is 17.9 Å². The number of carbonyl (C=O) groups excluding carboxylic acids is 4. The second-order valence-electron chi connectivity index (χ2n) is 13.4. The molecule has 1 unspecified atom stereocenters. The molecular formula is C38H45N5O7. The normalized spacial score (nSPS) is 16.6. The fraction of sp³-hybridized carbons (Fsp3) is 0.395. The number of hydrogen-bond donors (Lipinski definition) is 4. The smallest absolute Gasteiger partial charge is 0.328 e. The van der Waals surface area contributed by atoms with Crippen LogP contribution in [0.1, 0.15) is 76.0 Å². The molecule has 1 saturated carbocycles. The number of methoxy groups -OCH3 is 1. The second-order valence-corrected chi connectivity index (χ2v) is 13.4. The van der Waals surface area contributed by atoms with Crippen LogP contribution in [-0.4, -0.2) is 63.4 Å². The summed E-state index contributed by atoms with van der Waals surface area (Å²) in [4.78, 5) is 70.1. The van der Waals surface area contributed by atoms with Crippen molar-refractivity contribution in [1.82, 2.24) is 15.1 Å². The van der Waals surface area contributed by atoms with Gasteiger partial charge in [0.05, 0.1) is 19.6 Å². The first kappa shape index (κ1) is 35.9. The van der Waals surface area contributed by atoms with E-state index in [1.807, 2.05) is 32.0 Å². The molecular weight excluding hydrogens is 638 g/mol. The van der Waals surface area contributed by atoms with Gasteiger partial charge < -0.3 is 30.7 Å². The van der Waals surface area contributed by atoms with E-state index in [-0.39, 0.29) is 18.9 Å². The molecule has 6 amide bonds. The topological polar surface area (TPSA) is 157 Å². The lowest BCUT2D eigenvalue weighted by Crippen LogP contribution is -2.53. The third kappa shape index (κ3) is 8.24. The van der Waals surface area contributed by atoms with Crippen molar-refractivity contribution in [2.75, 3.05) is 17.7 Å². The molecule has 12 heteroatoms. The number of ether oxygens (including phenoxy) is 1. The summed E-state index contributed by atoms with van der Waals surface area (Å²) in [7, 11) is 1.50. The standard InChI is InChI=1S/C38H45N5O7/c1-25(2)21-32(34(46)41-31(23-33(44)45)27-11-10-14-30(22-27)50-3)43-35(47)38(19-8-5-9-20-38)42(37(43)49)24-26-15-17-29(18-16-26)40-36(48)39-28-12-6-4-7-13-28/h4,6-7,10-18,22,25,31-32H,5,8-9,19-21,23-24H2,1-3H3,(H,41,46)(H,44,45)(H2,39,40,48)/t31?,32-/m0/s1. The minimum absolute atomic E-state index is 0.0587. The minimum atomic E-state index is -1.14. The summed E-state index contributed by atoms with van der Waals surface area (Å²) >= 11 is 0. The maximum absolute atomic E-state index is 14.5. The number of rotatable bonds is 13. The molecule has 3 aromatic rings. The van der Waals surface area contributed by atoms with Gasteiger partial charge in [-0.25, -0.2) is 14.5 Å². The molecule has 3 aromatic carbocycles. The molecule has 0 aromatic heterocycles. The number of carboxylic acid groups (broad SMARTS) is 1. The lowest BCUT2D eigenvalue weighted by molar-refractivity contribution is -0.142. The molecule has 1 saturated heterocycles. The van der Waals surface area contributed by atoms with E-state index in [2.05, 4.69) is 16.0 Å². The number of carbonyl (C=O) groups is 5. The van der Waals surface area contributed by atoms with Crippen LogP contribution in [0.5, 0.6) is 5.75 Å². The van der Waals surface area contributed by atoms with Gasteiger partial charge in [0.2, 0.25) is 5.91 Å². The first-order valence-electron chi connectivity index (χ1n) is 17.0. The van der Waals surface area contributed by atoms with E-state index < -0.39 is 53.9 Å². The number of imide groups is 1. The van der Waals surface area contributed by atoms with Crippen LogP contribution < -0.4 is 20.7 Å². The molecule has 2 aliphatic rings. The maximum Gasteiger partial charge on any atom is 0.328 e. The van der Waals surface area contributed by atoms with Crippen LogP contribution in [0.25, 0.3) is 0 Å². The average Bonchev–Trinajstić information content (AvgIpc) is 3.28. The zero-order valence-corrected chi connectivity index (χ0v) is 28.7. The van der Waals surface area contributed by atoms with E-state index in [0.717, 1.165) is 29.7 Å². The second kappa shape index (κ2) is 15.9. The van der Waals surface area contributed by atoms with Crippen molar-refractivity contribution in [3.63, 3.8) is 0 Å². The summed E-state index contributed by atoms with van der Waals surface area (Å²) in [5.41, 5.74) is 1.41. The van der Waals surface area contributed by atoms with Crippen molar-refractivity contribution < 1.29 is 33.8 Å². The summed E-state index contributed by atoms with van der Waals surface area (Å²) in [6.45, 7) is 3.96. The van der Waals surface area contributed by atoms with Crippen LogP contribution in [-0.2, 0) is 20.9 Å². The molecule has 1 heterocycles. The summed E-state index contributed by atoms with van der Waals surface area (Å²) in [5.74, 6) is -1.65. The van der Waals surface area contributed by atoms with Crippen LogP contribution in [0.4, 0.5) is 21.0 Å². The first-order valence-corrected chi connectivity index (χ1v) is 17.0. The van der Waals surface area contributed by atoms with Crippen molar-refractivity contribution in [2.24, 2.45) is 5.92 Å². The van der Waals surface area contributed by atoms with Crippen molar-refractivity contribution in [3.05, 3.63) is 90.0 Å². The molecule has 5 rings (SSSR count). The number of anilines is 2. The lowest BCUT2D eigenvalue weighted by atomic mass is 9.80. The van der Waals surface area contributed by atoms with Crippen molar-refractivity contribution in [2.45, 2.75) is 83.0 Å². The highest BCUT2D eigenvalue weighted by atomic mass is 16.5. The van der Waals surface area contributed by atoms with Crippen molar-refractivity contribution in [1.29, 1.82) is 0 Å². The molecule has 2 atom stereocenters. The number of aliphatic carboxylic acids is 1. The zero-order chi connectivity index (χ0) is 35.8. The largest absolute Gasteiger partial charge is 0.497 e. The van der Waals surface area contributed by atoms with Crippen LogP contribution in [0.15, 0.2) is 78.9 Å². The van der Waals surface area contributed by atoms with Gasteiger partial charge in [0.25, 0.3) is 5.91 Å². The summed E-state index contributed by atoms with van der Waals surface area (Å²) < 4.78 is 5.31. The van der Waals surface area contributed by atoms with Crippen molar-refractivity contribution in [3.8, 4) is 5.75 Å². The number of nitrogens with zero attached hydrogens (tertiary/aromatic N) is 2. The quantitative estimate of drug-likeness (QED) is 0.149. The van der Waals surface area contributed by atoms with E-state index in [1.165, 1.54) is 7.11 Å². The molecule has 264 valence electrons. The number of benzene rings is 3. The molecule has 12 nitrogen and oxygen atoms in total. The van der Waals surface area contributed by atoms with Crippen LogP contribution in [0.3, 0.4) is 0 Å². The van der Waals surface area contributed by atoms with Crippen LogP contribution in [0.2, 0.25) is 0 Å². The van der Waals surface area contributed by atoms with Gasteiger partial charge in [0.15, 0.2) is 0 Å². The highest BCUT2D eigenvalue weighted by molar-refractivity contribution is 6.10. The summed E-state index contributed by atoms with van der Waals surface area (Å²) in [6.07, 6.45) is 3.24. The van der Waals surface area contributed by atoms with Gasteiger partial charge in [-0.05, 0) is 72.7 Å². The molecule has 50 heavy (non-hydrogen) atoms. The molecule has 1 aliphatic carbocycles. The molecule has 1 spiro atoms. The molecule has 2 fully saturated rings. The predicted molar refractivity (Wildman–Crippen MR) is 188 cm³/mol. The van der Waals surface area contributed by atoms with Gasteiger partial charge in [-0.3, -0.25) is 14.4 Å². The van der Waals surface area contributed by atoms with E-state index in [1.54, 1.807) is 65.6 Å². The van der Waals surface area contributed by atoms with E-state index in [4.69, 9.17) is 4.74 Å². The lowest BCUT2D eigenvalue weighted by Gasteiger charge is -2.38. The van der Waals surface area contributed by atoms with Crippen molar-refractivity contribution >= 4 is 41.2 Å². The molecule has 0 radical (unpaired) electrons. The molecule has 0 bridgehead atoms. The van der Waals surface area contributed by atoms with Gasteiger partial charge in [-0.2, -0.15) is 0 Å². The molecule has 1 aliphatic heterocycles. The number of urea groups is 2. The third-order valence-electron chi connectivity index (χ3n) is 9.34. The Kier molecular flexibility index (Phi) is 11.4. The Morgan fingerprint density at radius 3 is 2.16 bits per heavy atom. The fourth-order valence-electron chi connectivity index (χ4n) is 6.87. The number of hydrogen-bond acceptors (Lipinski definition) is 6. The minimum Gasteiger partial charge on any atom is -0.497 e. The Bertz CT molecular complexity index is 1690. The Morgan fingerprint density at radius 1 is 0.880 bits per heavy atom.